The van der Waals surface area contributed by atoms with Gasteiger partial charge >= 0.3 is 0 Å². The highest BCUT2D eigenvalue weighted by Crippen LogP contribution is 2.09. The zero-order valence-corrected chi connectivity index (χ0v) is 10.2. The molecule has 1 amide bonds. The summed E-state index contributed by atoms with van der Waals surface area (Å²) in [7, 11) is 0. The van der Waals surface area contributed by atoms with E-state index in [4.69, 9.17) is 0 Å². The molecule has 18 heavy (non-hydrogen) atoms. The van der Waals surface area contributed by atoms with Gasteiger partial charge in [0, 0.05) is 5.56 Å². The van der Waals surface area contributed by atoms with Gasteiger partial charge in [0.15, 0.2) is 6.23 Å². The standard InChI is InChI=1S/C13H11NO3S/c15-11(9-5-2-1-3-6-9)13(17)14-12(16)10-7-4-8-18-10/h1-8,13,17H,(H,14,16)/t13-/m1/s1. The molecular formula is C13H11NO3S. The van der Waals surface area contributed by atoms with Crippen molar-refractivity contribution in [2.45, 2.75) is 6.23 Å². The number of thiophene rings is 1. The Morgan fingerprint density at radius 3 is 2.44 bits per heavy atom. The molecule has 4 nitrogen and oxygen atoms in total. The van der Waals surface area contributed by atoms with Gasteiger partial charge < -0.3 is 10.4 Å². The number of hydrogen-bond acceptors (Lipinski definition) is 4. The van der Waals surface area contributed by atoms with Crippen molar-refractivity contribution in [3.05, 3.63) is 58.3 Å². The van der Waals surface area contributed by atoms with Crippen molar-refractivity contribution in [2.75, 3.05) is 0 Å². The van der Waals surface area contributed by atoms with E-state index >= 15 is 0 Å². The Kier molecular flexibility index (Phi) is 3.86. The Morgan fingerprint density at radius 2 is 1.83 bits per heavy atom. The third-order valence-electron chi connectivity index (χ3n) is 2.32. The normalized spacial score (nSPS) is 11.8. The maximum atomic E-state index is 11.8. The first-order chi connectivity index (χ1) is 8.68. The molecule has 0 aliphatic rings. The first kappa shape index (κ1) is 12.5. The predicted molar refractivity (Wildman–Crippen MR) is 68.6 cm³/mol. The minimum absolute atomic E-state index is 0.358. The number of amides is 1. The van der Waals surface area contributed by atoms with E-state index < -0.39 is 17.9 Å². The number of benzene rings is 1. The van der Waals surface area contributed by atoms with Crippen LogP contribution < -0.4 is 5.32 Å². The number of aliphatic hydroxyl groups excluding tert-OH is 1. The molecule has 1 heterocycles. The molecule has 0 bridgehead atoms. The Balaban J connectivity index is 2.02. The molecule has 0 radical (unpaired) electrons. The fourth-order valence-corrected chi connectivity index (χ4v) is 2.06. The first-order valence-electron chi connectivity index (χ1n) is 5.30. The lowest BCUT2D eigenvalue weighted by atomic mass is 10.1. The summed E-state index contributed by atoms with van der Waals surface area (Å²) in [6, 6.07) is 11.7. The molecule has 0 fully saturated rings. The summed E-state index contributed by atoms with van der Waals surface area (Å²) < 4.78 is 0. The summed E-state index contributed by atoms with van der Waals surface area (Å²) in [6.45, 7) is 0. The van der Waals surface area contributed by atoms with E-state index in [1.807, 2.05) is 0 Å². The summed E-state index contributed by atoms with van der Waals surface area (Å²) in [5, 5.41) is 13.7. The molecule has 2 rings (SSSR count). The molecule has 0 unspecified atom stereocenters. The molecular weight excluding hydrogens is 250 g/mol. The molecule has 0 aliphatic heterocycles. The monoisotopic (exact) mass is 261 g/mol. The largest absolute Gasteiger partial charge is 0.367 e. The number of carbonyl (C=O) groups excluding carboxylic acids is 2. The van der Waals surface area contributed by atoms with Gasteiger partial charge in [-0.25, -0.2) is 0 Å². The summed E-state index contributed by atoms with van der Waals surface area (Å²) in [5.74, 6) is -0.984. The summed E-state index contributed by atoms with van der Waals surface area (Å²) in [4.78, 5) is 23.9. The molecule has 1 aromatic carbocycles. The number of Topliss-reactive ketones (excluding diaryl/α,β-unsaturated/α-hetero) is 1. The van der Waals surface area contributed by atoms with Crippen molar-refractivity contribution in [1.29, 1.82) is 0 Å². The SMILES string of the molecule is O=C(N[C@H](O)C(=O)c1ccccc1)c1cccs1. The number of aliphatic hydroxyl groups is 1. The molecule has 0 aliphatic carbocycles. The van der Waals surface area contributed by atoms with Crippen LogP contribution in [0, 0.1) is 0 Å². The zero-order chi connectivity index (χ0) is 13.0. The lowest BCUT2D eigenvalue weighted by Crippen LogP contribution is -2.40. The summed E-state index contributed by atoms with van der Waals surface area (Å²) in [6.07, 6.45) is -1.53. The van der Waals surface area contributed by atoms with E-state index in [2.05, 4.69) is 5.32 Å². The average Bonchev–Trinajstić information content (AvgIpc) is 2.92. The van der Waals surface area contributed by atoms with Crippen molar-refractivity contribution < 1.29 is 14.7 Å². The van der Waals surface area contributed by atoms with Gasteiger partial charge in [-0.1, -0.05) is 36.4 Å². The second-order valence-corrected chi connectivity index (χ2v) is 4.53. The Hall–Kier alpha value is -1.98. The number of carbonyl (C=O) groups is 2. The van der Waals surface area contributed by atoms with Gasteiger partial charge in [-0.05, 0) is 11.4 Å². The molecule has 0 saturated heterocycles. The van der Waals surface area contributed by atoms with Crippen LogP contribution in [-0.4, -0.2) is 23.0 Å². The third-order valence-corrected chi connectivity index (χ3v) is 3.19. The average molecular weight is 261 g/mol. The summed E-state index contributed by atoms with van der Waals surface area (Å²) >= 11 is 1.25. The molecule has 2 N–H and O–H groups in total. The van der Waals surface area contributed by atoms with Crippen LogP contribution in [0.1, 0.15) is 20.0 Å². The first-order valence-corrected chi connectivity index (χ1v) is 6.18. The maximum Gasteiger partial charge on any atom is 0.263 e. The molecule has 0 spiro atoms. The predicted octanol–water partition coefficient (Wildman–Crippen LogP) is 1.68. The second kappa shape index (κ2) is 5.57. The van der Waals surface area contributed by atoms with E-state index in [0.717, 1.165) is 0 Å². The van der Waals surface area contributed by atoms with Crippen LogP contribution in [0.2, 0.25) is 0 Å². The maximum absolute atomic E-state index is 11.8. The number of hydrogen-bond donors (Lipinski definition) is 2. The van der Waals surface area contributed by atoms with E-state index in [1.54, 1.807) is 47.8 Å². The van der Waals surface area contributed by atoms with Crippen molar-refractivity contribution in [3.8, 4) is 0 Å². The molecule has 1 aromatic heterocycles. The Bertz CT molecular complexity index is 537. The van der Waals surface area contributed by atoms with Gasteiger partial charge in [0.2, 0.25) is 5.78 Å². The molecule has 5 heteroatoms. The lowest BCUT2D eigenvalue weighted by Gasteiger charge is -2.10. The van der Waals surface area contributed by atoms with Gasteiger partial charge in [-0.15, -0.1) is 11.3 Å². The van der Waals surface area contributed by atoms with Crippen LogP contribution in [0.5, 0.6) is 0 Å². The van der Waals surface area contributed by atoms with Crippen LogP contribution in [0.3, 0.4) is 0 Å². The van der Waals surface area contributed by atoms with Crippen LogP contribution in [-0.2, 0) is 0 Å². The van der Waals surface area contributed by atoms with Crippen LogP contribution in [0.4, 0.5) is 0 Å². The number of ketones is 1. The third kappa shape index (κ3) is 2.82. The lowest BCUT2D eigenvalue weighted by molar-refractivity contribution is 0.0609. The van der Waals surface area contributed by atoms with E-state index in [9.17, 15) is 14.7 Å². The fourth-order valence-electron chi connectivity index (χ4n) is 1.43. The highest BCUT2D eigenvalue weighted by atomic mass is 32.1. The van der Waals surface area contributed by atoms with Gasteiger partial charge in [-0.2, -0.15) is 0 Å². The second-order valence-electron chi connectivity index (χ2n) is 3.58. The highest BCUT2D eigenvalue weighted by molar-refractivity contribution is 7.12. The van der Waals surface area contributed by atoms with Crippen LogP contribution in [0.25, 0.3) is 0 Å². The van der Waals surface area contributed by atoms with Crippen molar-refractivity contribution in [2.24, 2.45) is 0 Å². The van der Waals surface area contributed by atoms with Gasteiger partial charge in [-0.3, -0.25) is 9.59 Å². The molecule has 92 valence electrons. The van der Waals surface area contributed by atoms with Gasteiger partial charge in [0.25, 0.3) is 5.91 Å². The van der Waals surface area contributed by atoms with E-state index in [0.29, 0.717) is 10.4 Å². The highest BCUT2D eigenvalue weighted by Gasteiger charge is 2.19. The van der Waals surface area contributed by atoms with Gasteiger partial charge in [0.1, 0.15) is 0 Å². The molecule has 0 saturated carbocycles. The van der Waals surface area contributed by atoms with Crippen LogP contribution >= 0.6 is 11.3 Å². The van der Waals surface area contributed by atoms with Crippen LogP contribution in [0.15, 0.2) is 47.8 Å². The summed E-state index contributed by atoms with van der Waals surface area (Å²) in [5.41, 5.74) is 0.358. The van der Waals surface area contributed by atoms with Crippen molar-refractivity contribution in [1.82, 2.24) is 5.32 Å². The topological polar surface area (TPSA) is 66.4 Å². The number of nitrogens with one attached hydrogen (secondary N) is 1. The zero-order valence-electron chi connectivity index (χ0n) is 9.37. The minimum atomic E-state index is -1.53. The number of rotatable bonds is 4. The quantitative estimate of drug-likeness (QED) is 0.650. The fraction of sp³-hybridized carbons (Fsp3) is 0.0769. The van der Waals surface area contributed by atoms with E-state index in [1.165, 1.54) is 11.3 Å². The van der Waals surface area contributed by atoms with Gasteiger partial charge in [0.05, 0.1) is 4.88 Å². The van der Waals surface area contributed by atoms with E-state index in [-0.39, 0.29) is 0 Å². The van der Waals surface area contributed by atoms with Crippen molar-refractivity contribution >= 4 is 23.0 Å². The molecule has 2 aromatic rings. The Labute approximate surface area is 108 Å². The van der Waals surface area contributed by atoms with Crippen molar-refractivity contribution in [3.63, 3.8) is 0 Å². The Morgan fingerprint density at radius 1 is 1.11 bits per heavy atom. The molecule has 1 atom stereocenters. The smallest absolute Gasteiger partial charge is 0.263 e. The minimum Gasteiger partial charge on any atom is -0.367 e.